The third kappa shape index (κ3) is 3.70. The first-order valence-electron chi connectivity index (χ1n) is 8.07. The van der Waals surface area contributed by atoms with E-state index >= 15 is 0 Å². The second-order valence-corrected chi connectivity index (χ2v) is 6.36. The Balaban J connectivity index is 2.16. The molecular weight excluding hydrogens is 262 g/mol. The van der Waals surface area contributed by atoms with E-state index < -0.39 is 0 Å². The molecule has 0 bridgehead atoms. The van der Waals surface area contributed by atoms with Crippen LogP contribution in [0.5, 0.6) is 11.5 Å². The third-order valence-electron chi connectivity index (χ3n) is 4.93. The smallest absolute Gasteiger partial charge is 0.160 e. The Bertz CT molecular complexity index is 453. The molecule has 3 heteroatoms. The lowest BCUT2D eigenvalue weighted by Gasteiger charge is -2.35. The fourth-order valence-corrected chi connectivity index (χ4v) is 3.59. The normalized spacial score (nSPS) is 18.5. The molecule has 0 saturated heterocycles. The van der Waals surface area contributed by atoms with Gasteiger partial charge < -0.3 is 14.8 Å². The zero-order chi connectivity index (χ0) is 15.3. The second kappa shape index (κ2) is 7.17. The highest BCUT2D eigenvalue weighted by atomic mass is 16.5. The van der Waals surface area contributed by atoms with Crippen LogP contribution in [0.4, 0.5) is 0 Å². The van der Waals surface area contributed by atoms with E-state index in [4.69, 9.17) is 9.47 Å². The molecule has 1 aliphatic rings. The maximum atomic E-state index is 5.42. The van der Waals surface area contributed by atoms with Gasteiger partial charge in [-0.15, -0.1) is 0 Å². The Hall–Kier alpha value is -1.22. The average molecular weight is 291 g/mol. The van der Waals surface area contributed by atoms with Gasteiger partial charge in [0.1, 0.15) is 0 Å². The van der Waals surface area contributed by atoms with Crippen LogP contribution in [-0.4, -0.2) is 26.8 Å². The van der Waals surface area contributed by atoms with Crippen LogP contribution < -0.4 is 14.8 Å². The molecule has 1 atom stereocenters. The van der Waals surface area contributed by atoms with Crippen LogP contribution >= 0.6 is 0 Å². The van der Waals surface area contributed by atoms with E-state index in [1.54, 1.807) is 14.2 Å². The maximum Gasteiger partial charge on any atom is 0.160 e. The molecule has 3 nitrogen and oxygen atoms in total. The van der Waals surface area contributed by atoms with Crippen molar-refractivity contribution < 1.29 is 9.47 Å². The van der Waals surface area contributed by atoms with Gasteiger partial charge in [-0.3, -0.25) is 0 Å². The van der Waals surface area contributed by atoms with Crippen LogP contribution in [0.3, 0.4) is 0 Å². The Morgan fingerprint density at radius 1 is 1.14 bits per heavy atom. The van der Waals surface area contributed by atoms with Crippen molar-refractivity contribution in [1.29, 1.82) is 0 Å². The van der Waals surface area contributed by atoms with Gasteiger partial charge in [0.2, 0.25) is 0 Å². The summed E-state index contributed by atoms with van der Waals surface area (Å²) in [5.74, 6) is 1.62. The molecule has 1 aromatic rings. The summed E-state index contributed by atoms with van der Waals surface area (Å²) in [6, 6.07) is 6.81. The first kappa shape index (κ1) is 16.2. The quantitative estimate of drug-likeness (QED) is 0.829. The first-order valence-corrected chi connectivity index (χ1v) is 8.07. The van der Waals surface area contributed by atoms with Gasteiger partial charge in [-0.2, -0.15) is 0 Å². The number of nitrogens with one attached hydrogen (secondary N) is 1. The van der Waals surface area contributed by atoms with Crippen LogP contribution in [0, 0.1) is 5.41 Å². The number of methoxy groups -OCH3 is 2. The molecule has 0 aliphatic heterocycles. The van der Waals surface area contributed by atoms with Gasteiger partial charge >= 0.3 is 0 Å². The minimum absolute atomic E-state index is 0.420. The Labute approximate surface area is 129 Å². The molecule has 0 aromatic heterocycles. The Morgan fingerprint density at radius 2 is 1.81 bits per heavy atom. The van der Waals surface area contributed by atoms with Gasteiger partial charge in [-0.25, -0.2) is 0 Å². The minimum Gasteiger partial charge on any atom is -0.493 e. The fourth-order valence-electron chi connectivity index (χ4n) is 3.59. The van der Waals surface area contributed by atoms with Gasteiger partial charge in [-0.1, -0.05) is 32.8 Å². The highest BCUT2D eigenvalue weighted by Gasteiger charge is 2.36. The standard InChI is InChI=1S/C18H29NO2/c1-5-19-17(18(2)10-6-7-11-18)13-14-8-9-15(20-3)16(12-14)21-4/h8-9,12,17,19H,5-7,10-11,13H2,1-4H3. The third-order valence-corrected chi connectivity index (χ3v) is 4.93. The molecule has 1 aliphatic carbocycles. The fraction of sp³-hybridized carbons (Fsp3) is 0.667. The van der Waals surface area contributed by atoms with Crippen molar-refractivity contribution in [2.24, 2.45) is 5.41 Å². The van der Waals surface area contributed by atoms with E-state index in [-0.39, 0.29) is 0 Å². The minimum atomic E-state index is 0.420. The topological polar surface area (TPSA) is 30.5 Å². The van der Waals surface area contributed by atoms with Crippen molar-refractivity contribution in [3.05, 3.63) is 23.8 Å². The summed E-state index contributed by atoms with van der Waals surface area (Å²) in [6.45, 7) is 5.65. The molecule has 0 radical (unpaired) electrons. The van der Waals surface area contributed by atoms with Crippen molar-refractivity contribution in [3.8, 4) is 11.5 Å². The summed E-state index contributed by atoms with van der Waals surface area (Å²) in [6.07, 6.45) is 6.44. The summed E-state index contributed by atoms with van der Waals surface area (Å²) < 4.78 is 10.7. The largest absolute Gasteiger partial charge is 0.493 e. The van der Waals surface area contributed by atoms with E-state index in [0.717, 1.165) is 24.5 Å². The number of rotatable bonds is 7. The number of likely N-dealkylation sites (N-methyl/N-ethyl adjacent to an activating group) is 1. The second-order valence-electron chi connectivity index (χ2n) is 6.36. The zero-order valence-electron chi connectivity index (χ0n) is 13.9. The number of benzene rings is 1. The van der Waals surface area contributed by atoms with Crippen LogP contribution in [0.2, 0.25) is 0 Å². The number of hydrogen-bond donors (Lipinski definition) is 1. The predicted molar refractivity (Wildman–Crippen MR) is 87.3 cm³/mol. The lowest BCUT2D eigenvalue weighted by atomic mass is 9.77. The molecule has 2 rings (SSSR count). The van der Waals surface area contributed by atoms with Crippen molar-refractivity contribution >= 4 is 0 Å². The summed E-state index contributed by atoms with van der Waals surface area (Å²) in [4.78, 5) is 0. The molecule has 1 fully saturated rings. The summed E-state index contributed by atoms with van der Waals surface area (Å²) in [7, 11) is 3.38. The molecule has 0 spiro atoms. The molecule has 1 saturated carbocycles. The van der Waals surface area contributed by atoms with Gasteiger partial charge in [0.25, 0.3) is 0 Å². The van der Waals surface area contributed by atoms with E-state index in [1.165, 1.54) is 31.2 Å². The van der Waals surface area contributed by atoms with E-state index in [0.29, 0.717) is 11.5 Å². The van der Waals surface area contributed by atoms with E-state index in [9.17, 15) is 0 Å². The van der Waals surface area contributed by atoms with Crippen LogP contribution in [0.25, 0.3) is 0 Å². The van der Waals surface area contributed by atoms with E-state index in [1.807, 2.05) is 6.07 Å². The molecule has 1 aromatic carbocycles. The summed E-state index contributed by atoms with van der Waals surface area (Å²) >= 11 is 0. The zero-order valence-corrected chi connectivity index (χ0v) is 13.9. The SMILES string of the molecule is CCNC(Cc1ccc(OC)c(OC)c1)C1(C)CCCC1. The van der Waals surface area contributed by atoms with E-state index in [2.05, 4.69) is 31.3 Å². The number of hydrogen-bond acceptors (Lipinski definition) is 3. The van der Waals surface area contributed by atoms with Crippen LogP contribution in [0.1, 0.15) is 45.1 Å². The van der Waals surface area contributed by atoms with Gasteiger partial charge in [0, 0.05) is 6.04 Å². The highest BCUT2D eigenvalue weighted by molar-refractivity contribution is 5.43. The first-order chi connectivity index (χ1) is 10.1. The van der Waals surface area contributed by atoms with Crippen LogP contribution in [-0.2, 0) is 6.42 Å². The van der Waals surface area contributed by atoms with Crippen molar-refractivity contribution in [2.75, 3.05) is 20.8 Å². The number of ether oxygens (including phenoxy) is 2. The Kier molecular flexibility index (Phi) is 5.51. The van der Waals surface area contributed by atoms with Crippen molar-refractivity contribution in [1.82, 2.24) is 5.32 Å². The van der Waals surface area contributed by atoms with Crippen molar-refractivity contribution in [2.45, 2.75) is 52.0 Å². The molecule has 1 N–H and O–H groups in total. The lowest BCUT2D eigenvalue weighted by Crippen LogP contribution is -2.43. The summed E-state index contributed by atoms with van der Waals surface area (Å²) in [5.41, 5.74) is 1.73. The molecule has 118 valence electrons. The predicted octanol–water partition coefficient (Wildman–Crippen LogP) is 3.80. The monoisotopic (exact) mass is 291 g/mol. The maximum absolute atomic E-state index is 5.42. The molecule has 1 unspecified atom stereocenters. The van der Waals surface area contributed by atoms with Gasteiger partial charge in [0.05, 0.1) is 14.2 Å². The molecule has 21 heavy (non-hydrogen) atoms. The lowest BCUT2D eigenvalue weighted by molar-refractivity contribution is 0.222. The van der Waals surface area contributed by atoms with Gasteiger partial charge in [-0.05, 0) is 48.9 Å². The average Bonchev–Trinajstić information content (AvgIpc) is 2.94. The Morgan fingerprint density at radius 3 is 2.38 bits per heavy atom. The van der Waals surface area contributed by atoms with Crippen LogP contribution in [0.15, 0.2) is 18.2 Å². The molecular formula is C18H29NO2. The highest BCUT2D eigenvalue weighted by Crippen LogP contribution is 2.42. The summed E-state index contributed by atoms with van der Waals surface area (Å²) in [5, 5.41) is 3.71. The van der Waals surface area contributed by atoms with Gasteiger partial charge in [0.15, 0.2) is 11.5 Å². The molecule has 0 amide bonds. The van der Waals surface area contributed by atoms with Crippen molar-refractivity contribution in [3.63, 3.8) is 0 Å². The molecule has 0 heterocycles.